The highest BCUT2D eigenvalue weighted by Gasteiger charge is 2.22. The van der Waals surface area contributed by atoms with Gasteiger partial charge in [-0.05, 0) is 26.7 Å². The molecule has 2 unspecified atom stereocenters. The van der Waals surface area contributed by atoms with Crippen molar-refractivity contribution in [2.45, 2.75) is 149 Å². The number of carbonyl (C=O) groups is 1. The van der Waals surface area contributed by atoms with Crippen LogP contribution in [0, 0.1) is 0 Å². The molecule has 0 saturated carbocycles. The van der Waals surface area contributed by atoms with Crippen molar-refractivity contribution in [2.24, 2.45) is 0 Å². The topological polar surface area (TPSA) is 44.8 Å². The Morgan fingerprint density at radius 3 is 1.60 bits per heavy atom. The molecule has 0 aromatic rings. The zero-order valence-corrected chi connectivity index (χ0v) is 20.7. The fourth-order valence-corrected chi connectivity index (χ4v) is 3.67. The molecule has 0 fully saturated rings. The Hall–Kier alpha value is -0.610. The molecule has 0 aliphatic carbocycles. The van der Waals surface area contributed by atoms with Crippen molar-refractivity contribution in [2.75, 3.05) is 13.2 Å². The third-order valence-electron chi connectivity index (χ3n) is 5.58. The van der Waals surface area contributed by atoms with Crippen LogP contribution in [0.2, 0.25) is 0 Å². The Morgan fingerprint density at radius 1 is 0.667 bits per heavy atom. The maximum Gasteiger partial charge on any atom is 0.335 e. The number of ether oxygens (including phenoxy) is 3. The normalized spacial score (nSPS) is 13.3. The highest BCUT2D eigenvalue weighted by molar-refractivity contribution is 5.74. The summed E-state index contributed by atoms with van der Waals surface area (Å²) in [6, 6.07) is 0. The van der Waals surface area contributed by atoms with E-state index >= 15 is 0 Å². The van der Waals surface area contributed by atoms with Crippen molar-refractivity contribution in [3.05, 3.63) is 0 Å². The van der Waals surface area contributed by atoms with Crippen LogP contribution in [0.1, 0.15) is 137 Å². The Morgan fingerprint density at radius 2 is 1.13 bits per heavy atom. The lowest BCUT2D eigenvalue weighted by Gasteiger charge is -2.21. The molecule has 2 atom stereocenters. The number of hydrogen-bond donors (Lipinski definition) is 0. The lowest BCUT2D eigenvalue weighted by molar-refractivity contribution is -0.189. The van der Waals surface area contributed by atoms with Gasteiger partial charge in [-0.1, -0.05) is 110 Å². The predicted molar refractivity (Wildman–Crippen MR) is 127 cm³/mol. The summed E-state index contributed by atoms with van der Waals surface area (Å²) in [6.07, 6.45) is 20.6. The van der Waals surface area contributed by atoms with Gasteiger partial charge in [-0.15, -0.1) is 0 Å². The van der Waals surface area contributed by atoms with Gasteiger partial charge in [0.1, 0.15) is 0 Å². The molecule has 0 aliphatic heterocycles. The quantitative estimate of drug-likeness (QED) is 0.0940. The summed E-state index contributed by atoms with van der Waals surface area (Å²) in [4.78, 5) is 12.2. The lowest BCUT2D eigenvalue weighted by Crippen LogP contribution is -2.31. The molecule has 180 valence electrons. The maximum absolute atomic E-state index is 12.2. The lowest BCUT2D eigenvalue weighted by atomic mass is 10.0. The summed E-state index contributed by atoms with van der Waals surface area (Å²) < 4.78 is 16.6. The van der Waals surface area contributed by atoms with Crippen LogP contribution in [-0.4, -0.2) is 31.6 Å². The van der Waals surface area contributed by atoms with E-state index in [-0.39, 0.29) is 12.3 Å². The Kier molecular flexibility index (Phi) is 22.6. The average molecular weight is 429 g/mol. The van der Waals surface area contributed by atoms with Crippen LogP contribution in [0.4, 0.5) is 0 Å². The van der Waals surface area contributed by atoms with Gasteiger partial charge in [0.05, 0.1) is 6.61 Å². The zero-order valence-electron chi connectivity index (χ0n) is 20.7. The molecule has 0 rings (SSSR count). The number of rotatable bonds is 23. The van der Waals surface area contributed by atoms with Crippen molar-refractivity contribution in [3.63, 3.8) is 0 Å². The van der Waals surface area contributed by atoms with Crippen LogP contribution in [0.5, 0.6) is 0 Å². The molecule has 0 aromatic carbocycles. The second-order valence-corrected chi connectivity index (χ2v) is 8.55. The first-order valence-corrected chi connectivity index (χ1v) is 13.1. The predicted octanol–water partition coefficient (Wildman–Crippen LogP) is 7.97. The first-order valence-electron chi connectivity index (χ1n) is 13.1. The Labute approximate surface area is 187 Å². The van der Waals surface area contributed by atoms with Gasteiger partial charge in [-0.2, -0.15) is 0 Å². The summed E-state index contributed by atoms with van der Waals surface area (Å²) in [7, 11) is 0. The molecule has 0 saturated heterocycles. The molecule has 0 N–H and O–H groups in total. The average Bonchev–Trinajstić information content (AvgIpc) is 2.73. The monoisotopic (exact) mass is 428 g/mol. The van der Waals surface area contributed by atoms with Crippen LogP contribution >= 0.6 is 0 Å². The molecule has 0 spiro atoms. The first-order chi connectivity index (χ1) is 14.7. The van der Waals surface area contributed by atoms with Crippen molar-refractivity contribution in [3.8, 4) is 0 Å². The van der Waals surface area contributed by atoms with Crippen molar-refractivity contribution in [1.29, 1.82) is 0 Å². The van der Waals surface area contributed by atoms with E-state index in [2.05, 4.69) is 13.8 Å². The van der Waals surface area contributed by atoms with Gasteiger partial charge in [0.25, 0.3) is 0 Å². The summed E-state index contributed by atoms with van der Waals surface area (Å²) >= 11 is 0. The van der Waals surface area contributed by atoms with E-state index in [1.54, 1.807) is 0 Å². The molecular weight excluding hydrogens is 376 g/mol. The van der Waals surface area contributed by atoms with Gasteiger partial charge in [-0.25, -0.2) is 4.79 Å². The minimum atomic E-state index is -0.501. The van der Waals surface area contributed by atoms with E-state index in [0.717, 1.165) is 32.1 Å². The second kappa shape index (κ2) is 23.1. The molecule has 0 heterocycles. The van der Waals surface area contributed by atoms with Crippen LogP contribution < -0.4 is 0 Å². The third kappa shape index (κ3) is 19.4. The fraction of sp³-hybridized carbons (Fsp3) is 0.962. The third-order valence-corrected chi connectivity index (χ3v) is 5.58. The van der Waals surface area contributed by atoms with Gasteiger partial charge in [0.15, 0.2) is 12.4 Å². The summed E-state index contributed by atoms with van der Waals surface area (Å²) in [5.74, 6) is -0.252. The Bertz CT molecular complexity index is 359. The van der Waals surface area contributed by atoms with Crippen LogP contribution in [0.25, 0.3) is 0 Å². The number of carbonyl (C=O) groups excluding carboxylic acids is 1. The first kappa shape index (κ1) is 29.4. The minimum Gasteiger partial charge on any atom is -0.464 e. The van der Waals surface area contributed by atoms with E-state index in [1.165, 1.54) is 77.0 Å². The van der Waals surface area contributed by atoms with Gasteiger partial charge < -0.3 is 14.2 Å². The van der Waals surface area contributed by atoms with Crippen molar-refractivity contribution in [1.82, 2.24) is 0 Å². The van der Waals surface area contributed by atoms with Gasteiger partial charge >= 0.3 is 5.97 Å². The molecule has 0 bridgehead atoms. The van der Waals surface area contributed by atoms with E-state index in [4.69, 9.17) is 14.2 Å². The summed E-state index contributed by atoms with van der Waals surface area (Å²) in [6.45, 7) is 9.17. The SMILES string of the molecule is CCCCCCCCCCCCCCCCC(OC(C)OCCCC)C(=O)OCC. The molecule has 0 radical (unpaired) electrons. The van der Waals surface area contributed by atoms with Gasteiger partial charge in [0.2, 0.25) is 0 Å². The summed E-state index contributed by atoms with van der Waals surface area (Å²) in [5, 5.41) is 0. The molecule has 30 heavy (non-hydrogen) atoms. The van der Waals surface area contributed by atoms with Crippen molar-refractivity contribution >= 4 is 5.97 Å². The molecule has 0 aromatic heterocycles. The standard InChI is InChI=1S/C26H52O4/c1-5-8-10-11-12-13-14-15-16-17-18-19-20-21-22-25(26(27)28-7-3)30-24(4)29-23-9-6-2/h24-25H,5-23H2,1-4H3. The Balaban J connectivity index is 3.71. The van der Waals surface area contributed by atoms with E-state index < -0.39 is 6.10 Å². The minimum absolute atomic E-state index is 0.252. The highest BCUT2D eigenvalue weighted by atomic mass is 16.7. The smallest absolute Gasteiger partial charge is 0.335 e. The largest absolute Gasteiger partial charge is 0.464 e. The van der Waals surface area contributed by atoms with Gasteiger partial charge in [-0.3, -0.25) is 0 Å². The van der Waals surface area contributed by atoms with E-state index in [9.17, 15) is 4.79 Å². The molecule has 4 heteroatoms. The van der Waals surface area contributed by atoms with Gasteiger partial charge in [0, 0.05) is 6.61 Å². The van der Waals surface area contributed by atoms with Crippen LogP contribution in [-0.2, 0) is 19.0 Å². The van der Waals surface area contributed by atoms with E-state index in [0.29, 0.717) is 13.2 Å². The number of hydrogen-bond acceptors (Lipinski definition) is 4. The fourth-order valence-electron chi connectivity index (χ4n) is 3.67. The highest BCUT2D eigenvalue weighted by Crippen LogP contribution is 2.16. The molecule has 4 nitrogen and oxygen atoms in total. The van der Waals surface area contributed by atoms with Crippen molar-refractivity contribution < 1.29 is 19.0 Å². The molecular formula is C26H52O4. The molecule has 0 aliphatic rings. The second-order valence-electron chi connectivity index (χ2n) is 8.55. The molecule has 0 amide bonds. The number of unbranched alkanes of at least 4 members (excludes halogenated alkanes) is 14. The summed E-state index contributed by atoms with van der Waals surface area (Å²) in [5.41, 5.74) is 0. The maximum atomic E-state index is 12.2. The van der Waals surface area contributed by atoms with Crippen LogP contribution in [0.3, 0.4) is 0 Å². The van der Waals surface area contributed by atoms with Crippen LogP contribution in [0.15, 0.2) is 0 Å². The van der Waals surface area contributed by atoms with E-state index in [1.807, 2.05) is 13.8 Å². The number of esters is 1. The zero-order chi connectivity index (χ0) is 22.3.